The summed E-state index contributed by atoms with van der Waals surface area (Å²) in [6.07, 6.45) is -2.56. The van der Waals surface area contributed by atoms with Crippen LogP contribution >= 0.6 is 0 Å². The maximum atomic E-state index is 12.5. The number of carboxylic acids is 1. The number of rotatable bonds is 7. The molecule has 0 aliphatic carbocycles. The molecule has 32 heavy (non-hydrogen) atoms. The Labute approximate surface area is 178 Å². The summed E-state index contributed by atoms with van der Waals surface area (Å²) in [5.41, 5.74) is 0.858. The van der Waals surface area contributed by atoms with Gasteiger partial charge in [-0.2, -0.15) is 10.4 Å². The van der Waals surface area contributed by atoms with Gasteiger partial charge in [-0.1, -0.05) is 18.2 Å². The van der Waals surface area contributed by atoms with Gasteiger partial charge in [-0.15, -0.1) is 0 Å². The number of imidazole rings is 1. The van der Waals surface area contributed by atoms with Crippen molar-refractivity contribution in [2.45, 2.75) is 19.4 Å². The lowest BCUT2D eigenvalue weighted by Crippen LogP contribution is -2.28. The van der Waals surface area contributed by atoms with Gasteiger partial charge in [0.15, 0.2) is 0 Å². The highest BCUT2D eigenvalue weighted by Gasteiger charge is 2.16. The van der Waals surface area contributed by atoms with Crippen LogP contribution in [0, 0.1) is 11.3 Å². The lowest BCUT2D eigenvalue weighted by Gasteiger charge is -2.08. The van der Waals surface area contributed by atoms with Crippen LogP contribution in [0.5, 0.6) is 5.75 Å². The Morgan fingerprint density at radius 2 is 2.03 bits per heavy atom. The highest BCUT2D eigenvalue weighted by molar-refractivity contribution is 5.84. The molecular formula is C21H15F2N5O4. The largest absolute Gasteiger partial charge is 0.486 e. The zero-order valence-corrected chi connectivity index (χ0v) is 16.4. The number of H-pyrrole nitrogens is 1. The topological polar surface area (TPSA) is 134 Å². The summed E-state index contributed by atoms with van der Waals surface area (Å²) in [6, 6.07) is 11.4. The van der Waals surface area contributed by atoms with E-state index in [0.29, 0.717) is 33.3 Å². The SMILES string of the molecule is N#Cc1cc2nc(Cc3nn(CC(=O)O)c(=O)c4ccccc34)[nH]c2cc1OCC(F)F. The number of nitrogens with zero attached hydrogens (tertiary/aromatic N) is 4. The van der Waals surface area contributed by atoms with Crippen LogP contribution in [-0.4, -0.2) is 43.9 Å². The number of benzene rings is 2. The van der Waals surface area contributed by atoms with Gasteiger partial charge in [-0.05, 0) is 12.1 Å². The minimum absolute atomic E-state index is 0.00841. The number of alkyl halides is 2. The van der Waals surface area contributed by atoms with Gasteiger partial charge in [0, 0.05) is 11.5 Å². The lowest BCUT2D eigenvalue weighted by molar-refractivity contribution is -0.138. The minimum Gasteiger partial charge on any atom is -0.486 e. The molecule has 0 saturated carbocycles. The standard InChI is InChI=1S/C21H15F2N5O4/c22-18(23)10-32-17-6-16-15(5-11(17)8-24)25-19(26-16)7-14-12-3-1-2-4-13(12)21(31)28(27-14)9-20(29)30/h1-6,18H,7,9-10H2,(H,25,26)(H,29,30). The minimum atomic E-state index is -2.68. The van der Waals surface area contributed by atoms with E-state index in [1.165, 1.54) is 12.1 Å². The molecule has 9 nitrogen and oxygen atoms in total. The van der Waals surface area contributed by atoms with Crippen LogP contribution in [0.25, 0.3) is 21.8 Å². The first-order valence-corrected chi connectivity index (χ1v) is 9.40. The predicted molar refractivity (Wildman–Crippen MR) is 109 cm³/mol. The van der Waals surface area contributed by atoms with Gasteiger partial charge in [0.05, 0.1) is 34.1 Å². The number of aromatic nitrogens is 4. The van der Waals surface area contributed by atoms with Crippen molar-refractivity contribution in [1.82, 2.24) is 19.7 Å². The van der Waals surface area contributed by atoms with Gasteiger partial charge < -0.3 is 14.8 Å². The Morgan fingerprint density at radius 1 is 1.28 bits per heavy atom. The van der Waals surface area contributed by atoms with Crippen molar-refractivity contribution in [3.8, 4) is 11.8 Å². The number of ether oxygens (including phenoxy) is 1. The molecule has 2 aromatic heterocycles. The molecular weight excluding hydrogens is 424 g/mol. The average Bonchev–Trinajstić information content (AvgIpc) is 3.15. The van der Waals surface area contributed by atoms with Crippen molar-refractivity contribution in [2.24, 2.45) is 0 Å². The van der Waals surface area contributed by atoms with E-state index in [4.69, 9.17) is 9.84 Å². The fourth-order valence-electron chi connectivity index (χ4n) is 3.36. The van der Waals surface area contributed by atoms with Crippen molar-refractivity contribution in [1.29, 1.82) is 5.26 Å². The number of aliphatic carboxylic acids is 1. The lowest BCUT2D eigenvalue weighted by atomic mass is 10.1. The fraction of sp³-hybridized carbons (Fsp3) is 0.190. The first kappa shape index (κ1) is 20.9. The highest BCUT2D eigenvalue weighted by Crippen LogP contribution is 2.26. The van der Waals surface area contributed by atoms with E-state index < -0.39 is 31.1 Å². The van der Waals surface area contributed by atoms with E-state index in [-0.39, 0.29) is 17.7 Å². The summed E-state index contributed by atoms with van der Waals surface area (Å²) in [5, 5.41) is 23.5. The van der Waals surface area contributed by atoms with E-state index in [9.17, 15) is 23.6 Å². The van der Waals surface area contributed by atoms with Crippen LogP contribution in [0.2, 0.25) is 0 Å². The zero-order chi connectivity index (χ0) is 22.8. The van der Waals surface area contributed by atoms with E-state index in [0.717, 1.165) is 4.68 Å². The molecule has 0 fully saturated rings. The predicted octanol–water partition coefficient (Wildman–Crippen LogP) is 2.46. The van der Waals surface area contributed by atoms with Crippen molar-refractivity contribution in [3.05, 3.63) is 63.8 Å². The second kappa shape index (κ2) is 8.43. The van der Waals surface area contributed by atoms with Gasteiger partial charge in [0.25, 0.3) is 12.0 Å². The van der Waals surface area contributed by atoms with Crippen LogP contribution in [0.4, 0.5) is 8.78 Å². The summed E-state index contributed by atoms with van der Waals surface area (Å²) in [5.74, 6) is -0.771. The van der Waals surface area contributed by atoms with Crippen molar-refractivity contribution in [3.63, 3.8) is 0 Å². The Hall–Kier alpha value is -4.33. The van der Waals surface area contributed by atoms with Gasteiger partial charge in [0.2, 0.25) is 0 Å². The molecule has 0 aliphatic rings. The average molecular weight is 439 g/mol. The van der Waals surface area contributed by atoms with E-state index in [1.54, 1.807) is 24.3 Å². The number of aromatic amines is 1. The normalized spacial score (nSPS) is 11.2. The Bertz CT molecular complexity index is 1440. The van der Waals surface area contributed by atoms with Crippen LogP contribution in [0.15, 0.2) is 41.2 Å². The van der Waals surface area contributed by atoms with E-state index >= 15 is 0 Å². The molecule has 2 heterocycles. The number of carboxylic acid groups (broad SMARTS) is 1. The molecule has 4 rings (SSSR count). The Morgan fingerprint density at radius 3 is 2.72 bits per heavy atom. The van der Waals surface area contributed by atoms with Crippen molar-refractivity contribution in [2.75, 3.05) is 6.61 Å². The maximum absolute atomic E-state index is 12.5. The molecule has 0 bridgehead atoms. The number of hydrogen-bond donors (Lipinski definition) is 2. The van der Waals surface area contributed by atoms with Crippen LogP contribution in [0.3, 0.4) is 0 Å². The molecule has 0 amide bonds. The summed E-state index contributed by atoms with van der Waals surface area (Å²) in [6.45, 7) is -1.44. The number of carbonyl (C=O) groups is 1. The second-order valence-electron chi connectivity index (χ2n) is 6.89. The third kappa shape index (κ3) is 4.11. The highest BCUT2D eigenvalue weighted by atomic mass is 19.3. The maximum Gasteiger partial charge on any atom is 0.325 e. The molecule has 2 aromatic carbocycles. The first-order chi connectivity index (χ1) is 15.4. The van der Waals surface area contributed by atoms with E-state index in [1.807, 2.05) is 6.07 Å². The quantitative estimate of drug-likeness (QED) is 0.452. The third-order valence-corrected chi connectivity index (χ3v) is 4.68. The number of fused-ring (bicyclic) bond motifs is 2. The van der Waals surface area contributed by atoms with Crippen molar-refractivity contribution < 1.29 is 23.4 Å². The molecule has 0 radical (unpaired) electrons. The molecule has 0 spiro atoms. The number of nitriles is 1. The Balaban J connectivity index is 1.76. The summed E-state index contributed by atoms with van der Waals surface area (Å²) in [4.78, 5) is 31.1. The zero-order valence-electron chi connectivity index (χ0n) is 16.4. The van der Waals surface area contributed by atoms with Gasteiger partial charge >= 0.3 is 5.97 Å². The number of hydrogen-bond acceptors (Lipinski definition) is 6. The van der Waals surface area contributed by atoms with Crippen LogP contribution in [-0.2, 0) is 17.8 Å². The Kier molecular flexibility index (Phi) is 5.51. The molecule has 4 aromatic rings. The van der Waals surface area contributed by atoms with Crippen LogP contribution in [0.1, 0.15) is 17.1 Å². The molecule has 0 atom stereocenters. The summed E-state index contributed by atoms with van der Waals surface area (Å²) in [7, 11) is 0. The molecule has 11 heteroatoms. The van der Waals surface area contributed by atoms with Gasteiger partial charge in [0.1, 0.15) is 30.8 Å². The molecule has 2 N–H and O–H groups in total. The van der Waals surface area contributed by atoms with Gasteiger partial charge in [-0.3, -0.25) is 9.59 Å². The summed E-state index contributed by atoms with van der Waals surface area (Å²) < 4.78 is 30.9. The third-order valence-electron chi connectivity index (χ3n) is 4.68. The smallest absolute Gasteiger partial charge is 0.325 e. The molecule has 0 saturated heterocycles. The molecule has 162 valence electrons. The molecule has 0 unspecified atom stereocenters. The number of nitrogens with one attached hydrogen (secondary N) is 1. The van der Waals surface area contributed by atoms with Gasteiger partial charge in [-0.25, -0.2) is 18.4 Å². The summed E-state index contributed by atoms with van der Waals surface area (Å²) >= 11 is 0. The molecule has 0 aliphatic heterocycles. The van der Waals surface area contributed by atoms with E-state index in [2.05, 4.69) is 15.1 Å². The second-order valence-corrected chi connectivity index (χ2v) is 6.89. The fourth-order valence-corrected chi connectivity index (χ4v) is 3.36. The van der Waals surface area contributed by atoms with Crippen molar-refractivity contribution >= 4 is 27.8 Å². The monoisotopic (exact) mass is 439 g/mol. The first-order valence-electron chi connectivity index (χ1n) is 9.40. The number of halogens is 2. The van der Waals surface area contributed by atoms with Crippen LogP contribution < -0.4 is 10.3 Å².